The number of amides is 1. The van der Waals surface area contributed by atoms with Crippen molar-refractivity contribution in [2.75, 3.05) is 32.2 Å². The zero-order valence-corrected chi connectivity index (χ0v) is 18.5. The number of likely N-dealkylation sites (tertiary alicyclic amines) is 1. The van der Waals surface area contributed by atoms with Crippen LogP contribution in [0.5, 0.6) is 0 Å². The van der Waals surface area contributed by atoms with Crippen LogP contribution >= 0.6 is 0 Å². The summed E-state index contributed by atoms with van der Waals surface area (Å²) in [5, 5.41) is 3.54. The van der Waals surface area contributed by atoms with Gasteiger partial charge in [-0.05, 0) is 69.6 Å². The molecule has 1 N–H and O–H groups in total. The molecule has 2 aliphatic rings. The highest BCUT2D eigenvalue weighted by Gasteiger charge is 2.44. The number of carbonyl (C=O) groups is 3. The summed E-state index contributed by atoms with van der Waals surface area (Å²) in [6.45, 7) is 4.67. The Kier molecular flexibility index (Phi) is 7.76. The number of carbonyl (C=O) groups excluding carboxylic acids is 3. The standard InChI is InChI=1S/C23H32N2O6/c1-4-30-21(26)15-7-6-8-18(11-15)24-19-10-9-16-14-25(23(28)29-3)20(13-17(16)12-19)22(27)31-5-2/h6-8,11,16-17,19-20,24H,4-5,9-10,12-14H2,1-3H3/t16-,17+,19-,20-/m0/s1. The summed E-state index contributed by atoms with van der Waals surface area (Å²) < 4.78 is 15.2. The lowest BCUT2D eigenvalue weighted by atomic mass is 9.71. The first kappa shape index (κ1) is 22.9. The van der Waals surface area contributed by atoms with Crippen LogP contribution in [-0.2, 0) is 19.0 Å². The second-order valence-electron chi connectivity index (χ2n) is 8.10. The van der Waals surface area contributed by atoms with Crippen LogP contribution in [0.1, 0.15) is 49.9 Å². The Morgan fingerprint density at radius 1 is 1.06 bits per heavy atom. The van der Waals surface area contributed by atoms with Gasteiger partial charge in [0.15, 0.2) is 0 Å². The topological polar surface area (TPSA) is 94.2 Å². The first-order chi connectivity index (χ1) is 15.0. The average molecular weight is 433 g/mol. The molecule has 1 amide bonds. The van der Waals surface area contributed by atoms with Gasteiger partial charge in [0.05, 0.1) is 25.9 Å². The number of ether oxygens (including phenoxy) is 3. The molecule has 0 unspecified atom stereocenters. The Hall–Kier alpha value is -2.77. The Morgan fingerprint density at radius 2 is 1.84 bits per heavy atom. The van der Waals surface area contributed by atoms with E-state index in [2.05, 4.69) is 5.32 Å². The second-order valence-corrected chi connectivity index (χ2v) is 8.10. The van der Waals surface area contributed by atoms with Gasteiger partial charge in [0, 0.05) is 18.3 Å². The Morgan fingerprint density at radius 3 is 2.55 bits per heavy atom. The lowest BCUT2D eigenvalue weighted by molar-refractivity contribution is -0.152. The van der Waals surface area contributed by atoms with Crippen molar-refractivity contribution in [2.24, 2.45) is 11.8 Å². The summed E-state index contributed by atoms with van der Waals surface area (Å²) in [5.41, 5.74) is 1.40. The number of nitrogens with zero attached hydrogens (tertiary/aromatic N) is 1. The van der Waals surface area contributed by atoms with E-state index in [9.17, 15) is 14.4 Å². The zero-order valence-electron chi connectivity index (χ0n) is 18.5. The number of hydrogen-bond acceptors (Lipinski definition) is 7. The molecule has 31 heavy (non-hydrogen) atoms. The van der Waals surface area contributed by atoms with E-state index in [0.29, 0.717) is 37.0 Å². The highest BCUT2D eigenvalue weighted by Crippen LogP contribution is 2.40. The van der Waals surface area contributed by atoms with Crippen molar-refractivity contribution in [3.05, 3.63) is 29.8 Å². The molecule has 4 atom stereocenters. The molecule has 1 saturated carbocycles. The van der Waals surface area contributed by atoms with E-state index >= 15 is 0 Å². The molecule has 0 spiro atoms. The molecule has 1 saturated heterocycles. The van der Waals surface area contributed by atoms with Crippen LogP contribution in [0.2, 0.25) is 0 Å². The van der Waals surface area contributed by atoms with E-state index in [4.69, 9.17) is 14.2 Å². The number of methoxy groups -OCH3 is 1. The fraction of sp³-hybridized carbons (Fsp3) is 0.609. The van der Waals surface area contributed by atoms with Gasteiger partial charge in [-0.15, -0.1) is 0 Å². The van der Waals surface area contributed by atoms with Gasteiger partial charge < -0.3 is 19.5 Å². The third-order valence-electron chi connectivity index (χ3n) is 6.19. The summed E-state index contributed by atoms with van der Waals surface area (Å²) in [5.74, 6) is -0.0746. The minimum absolute atomic E-state index is 0.228. The summed E-state index contributed by atoms with van der Waals surface area (Å²) >= 11 is 0. The Balaban J connectivity index is 1.67. The first-order valence-corrected chi connectivity index (χ1v) is 11.0. The predicted molar refractivity (Wildman–Crippen MR) is 115 cm³/mol. The van der Waals surface area contributed by atoms with Crippen molar-refractivity contribution in [1.82, 2.24) is 4.90 Å². The minimum atomic E-state index is -0.612. The van der Waals surface area contributed by atoms with Crippen LogP contribution in [0.3, 0.4) is 0 Å². The minimum Gasteiger partial charge on any atom is -0.464 e. The molecule has 8 heteroatoms. The van der Waals surface area contributed by atoms with Crippen molar-refractivity contribution >= 4 is 23.7 Å². The largest absolute Gasteiger partial charge is 0.464 e. The van der Waals surface area contributed by atoms with E-state index < -0.39 is 12.1 Å². The molecule has 3 rings (SSSR count). The molecule has 1 aromatic rings. The maximum absolute atomic E-state index is 12.5. The average Bonchev–Trinajstić information content (AvgIpc) is 2.78. The normalized spacial score (nSPS) is 25.2. The number of fused-ring (bicyclic) bond motifs is 1. The molecule has 1 aromatic carbocycles. The van der Waals surface area contributed by atoms with Gasteiger partial charge in [-0.2, -0.15) is 0 Å². The lowest BCUT2D eigenvalue weighted by Crippen LogP contribution is -2.55. The van der Waals surface area contributed by atoms with Crippen molar-refractivity contribution in [1.29, 1.82) is 0 Å². The number of rotatable bonds is 6. The van der Waals surface area contributed by atoms with Crippen LogP contribution in [-0.4, -0.2) is 61.9 Å². The van der Waals surface area contributed by atoms with Gasteiger partial charge in [-0.1, -0.05) is 6.07 Å². The summed E-state index contributed by atoms with van der Waals surface area (Å²) in [6.07, 6.45) is 2.87. The van der Waals surface area contributed by atoms with Crippen LogP contribution in [0.25, 0.3) is 0 Å². The number of esters is 2. The number of hydrogen-bond donors (Lipinski definition) is 1. The molecule has 8 nitrogen and oxygen atoms in total. The van der Waals surface area contributed by atoms with E-state index in [1.165, 1.54) is 12.0 Å². The molecule has 0 aromatic heterocycles. The van der Waals surface area contributed by atoms with E-state index in [1.54, 1.807) is 19.9 Å². The lowest BCUT2D eigenvalue weighted by Gasteiger charge is -2.46. The quantitative estimate of drug-likeness (QED) is 0.543. The molecular weight excluding hydrogens is 400 g/mol. The highest BCUT2D eigenvalue weighted by molar-refractivity contribution is 5.90. The molecule has 1 aliphatic carbocycles. The van der Waals surface area contributed by atoms with Gasteiger partial charge in [0.25, 0.3) is 0 Å². The zero-order chi connectivity index (χ0) is 22.4. The fourth-order valence-electron chi connectivity index (χ4n) is 4.75. The number of nitrogens with one attached hydrogen (secondary N) is 1. The fourth-order valence-corrected chi connectivity index (χ4v) is 4.75. The van der Waals surface area contributed by atoms with Crippen LogP contribution < -0.4 is 5.32 Å². The third kappa shape index (κ3) is 5.48. The monoisotopic (exact) mass is 432 g/mol. The summed E-state index contributed by atoms with van der Waals surface area (Å²) in [6, 6.07) is 6.95. The van der Waals surface area contributed by atoms with Gasteiger partial charge in [-0.3, -0.25) is 4.90 Å². The molecule has 0 bridgehead atoms. The van der Waals surface area contributed by atoms with Crippen LogP contribution in [0.15, 0.2) is 24.3 Å². The van der Waals surface area contributed by atoms with Crippen molar-refractivity contribution in [2.45, 2.75) is 51.6 Å². The number of piperidine rings is 1. The second kappa shape index (κ2) is 10.5. The molecule has 170 valence electrons. The van der Waals surface area contributed by atoms with Crippen molar-refractivity contribution in [3.63, 3.8) is 0 Å². The van der Waals surface area contributed by atoms with Crippen molar-refractivity contribution in [3.8, 4) is 0 Å². The summed E-state index contributed by atoms with van der Waals surface area (Å²) in [7, 11) is 1.34. The molecular formula is C23H32N2O6. The smallest absolute Gasteiger partial charge is 0.410 e. The molecule has 0 radical (unpaired) electrons. The Bertz CT molecular complexity index is 798. The van der Waals surface area contributed by atoms with Crippen LogP contribution in [0.4, 0.5) is 10.5 Å². The first-order valence-electron chi connectivity index (χ1n) is 11.0. The SMILES string of the molecule is CCOC(=O)c1cccc(N[C@H]2CC[C@H]3CN(C(=O)OC)[C@H](C(=O)OCC)C[C@H]3C2)c1. The van der Waals surface area contributed by atoms with Crippen LogP contribution in [0, 0.1) is 11.8 Å². The third-order valence-corrected chi connectivity index (χ3v) is 6.19. The van der Waals surface area contributed by atoms with E-state index in [-0.39, 0.29) is 24.6 Å². The Labute approximate surface area is 183 Å². The number of anilines is 1. The van der Waals surface area contributed by atoms with E-state index in [0.717, 1.165) is 24.9 Å². The van der Waals surface area contributed by atoms with E-state index in [1.807, 2.05) is 18.2 Å². The molecule has 1 heterocycles. The van der Waals surface area contributed by atoms with Gasteiger partial charge in [-0.25, -0.2) is 14.4 Å². The summed E-state index contributed by atoms with van der Waals surface area (Å²) in [4.78, 5) is 38.3. The maximum atomic E-state index is 12.5. The number of benzene rings is 1. The van der Waals surface area contributed by atoms with Crippen molar-refractivity contribution < 1.29 is 28.6 Å². The van der Waals surface area contributed by atoms with Gasteiger partial charge in [0.1, 0.15) is 6.04 Å². The maximum Gasteiger partial charge on any atom is 0.410 e. The van der Waals surface area contributed by atoms with Gasteiger partial charge >= 0.3 is 18.0 Å². The van der Waals surface area contributed by atoms with Gasteiger partial charge in [0.2, 0.25) is 0 Å². The highest BCUT2D eigenvalue weighted by atomic mass is 16.6. The predicted octanol–water partition coefficient (Wildman–Crippen LogP) is 3.46. The molecule has 1 aliphatic heterocycles. The molecule has 2 fully saturated rings.